The molecule has 0 unspecified atom stereocenters. The number of benzene rings is 2. The fraction of sp³-hybridized carbons (Fsp3) is 0.0714. The van der Waals surface area contributed by atoms with Gasteiger partial charge in [-0.3, -0.25) is 4.79 Å². The van der Waals surface area contributed by atoms with E-state index >= 15 is 0 Å². The van der Waals surface area contributed by atoms with Crippen LogP contribution in [0.25, 0.3) is 0 Å². The molecular weight excluding hydrogens is 283 g/mol. The second-order valence-corrected chi connectivity index (χ2v) is 4.81. The highest BCUT2D eigenvalue weighted by Gasteiger charge is 2.07. The van der Waals surface area contributed by atoms with Crippen molar-refractivity contribution in [1.82, 2.24) is 0 Å². The van der Waals surface area contributed by atoms with Crippen LogP contribution in [0, 0.1) is 0 Å². The van der Waals surface area contributed by atoms with Crippen molar-refractivity contribution in [1.29, 1.82) is 0 Å². The lowest BCUT2D eigenvalue weighted by Gasteiger charge is -2.07. The van der Waals surface area contributed by atoms with E-state index in [4.69, 9.17) is 23.2 Å². The van der Waals surface area contributed by atoms with Crippen molar-refractivity contribution >= 4 is 40.5 Å². The molecule has 0 bridgehead atoms. The molecule has 0 saturated carbocycles. The number of carbonyl (C=O) groups excluding carboxylic acids is 1. The molecule has 0 spiro atoms. The van der Waals surface area contributed by atoms with Gasteiger partial charge in [-0.25, -0.2) is 0 Å². The Morgan fingerprint density at radius 3 is 2.05 bits per heavy atom. The number of hydrogen-bond acceptors (Lipinski definition) is 2. The van der Waals surface area contributed by atoms with Gasteiger partial charge in [0.15, 0.2) is 0 Å². The molecule has 0 radical (unpaired) electrons. The van der Waals surface area contributed by atoms with Crippen molar-refractivity contribution in [2.45, 2.75) is 0 Å². The standard InChI is InChI=1S/C14H12Cl2N2O/c1-17-12-4-2-9(3-5-12)14(19)18-13-7-10(15)6-11(16)8-13/h2-8,17H,1H3,(H,18,19). The van der Waals surface area contributed by atoms with Gasteiger partial charge in [-0.1, -0.05) is 23.2 Å². The summed E-state index contributed by atoms with van der Waals surface area (Å²) >= 11 is 11.8. The molecule has 98 valence electrons. The molecule has 2 N–H and O–H groups in total. The Morgan fingerprint density at radius 2 is 1.53 bits per heavy atom. The second-order valence-electron chi connectivity index (χ2n) is 3.94. The second kappa shape index (κ2) is 5.95. The number of carbonyl (C=O) groups is 1. The Bertz CT molecular complexity index is 577. The van der Waals surface area contributed by atoms with Gasteiger partial charge in [-0.05, 0) is 42.5 Å². The van der Waals surface area contributed by atoms with Gasteiger partial charge in [0.1, 0.15) is 0 Å². The van der Waals surface area contributed by atoms with E-state index in [0.717, 1.165) is 5.69 Å². The molecule has 0 aromatic heterocycles. The Labute approximate surface area is 121 Å². The number of anilines is 2. The van der Waals surface area contributed by atoms with Gasteiger partial charge in [0.2, 0.25) is 0 Å². The summed E-state index contributed by atoms with van der Waals surface area (Å²) in [5, 5.41) is 6.70. The average Bonchev–Trinajstić information content (AvgIpc) is 2.37. The van der Waals surface area contributed by atoms with E-state index in [1.807, 2.05) is 19.2 Å². The van der Waals surface area contributed by atoms with Crippen LogP contribution in [0.2, 0.25) is 10.0 Å². The largest absolute Gasteiger partial charge is 0.388 e. The summed E-state index contributed by atoms with van der Waals surface area (Å²) < 4.78 is 0. The van der Waals surface area contributed by atoms with Gasteiger partial charge in [-0.2, -0.15) is 0 Å². The van der Waals surface area contributed by atoms with Crippen LogP contribution in [-0.2, 0) is 0 Å². The van der Waals surface area contributed by atoms with Gasteiger partial charge in [0.25, 0.3) is 5.91 Å². The monoisotopic (exact) mass is 294 g/mol. The Morgan fingerprint density at radius 1 is 0.947 bits per heavy atom. The molecule has 19 heavy (non-hydrogen) atoms. The fourth-order valence-electron chi connectivity index (χ4n) is 1.62. The lowest BCUT2D eigenvalue weighted by Crippen LogP contribution is -2.11. The molecule has 1 amide bonds. The zero-order valence-corrected chi connectivity index (χ0v) is 11.7. The first-order valence-electron chi connectivity index (χ1n) is 5.64. The van der Waals surface area contributed by atoms with Gasteiger partial charge in [0, 0.05) is 34.0 Å². The maximum Gasteiger partial charge on any atom is 0.255 e. The molecule has 0 saturated heterocycles. The molecule has 0 fully saturated rings. The summed E-state index contributed by atoms with van der Waals surface area (Å²) in [6.45, 7) is 0. The summed E-state index contributed by atoms with van der Waals surface area (Å²) in [6.07, 6.45) is 0. The zero-order valence-electron chi connectivity index (χ0n) is 10.2. The van der Waals surface area contributed by atoms with Crippen LogP contribution in [0.3, 0.4) is 0 Å². The van der Waals surface area contributed by atoms with E-state index in [9.17, 15) is 4.79 Å². The molecule has 0 heterocycles. The van der Waals surface area contributed by atoms with Gasteiger partial charge in [-0.15, -0.1) is 0 Å². The van der Waals surface area contributed by atoms with E-state index < -0.39 is 0 Å². The molecule has 2 rings (SSSR count). The van der Waals surface area contributed by atoms with Crippen molar-refractivity contribution < 1.29 is 4.79 Å². The summed E-state index contributed by atoms with van der Waals surface area (Å²) in [5.41, 5.74) is 2.08. The van der Waals surface area contributed by atoms with Crippen LogP contribution in [0.5, 0.6) is 0 Å². The maximum atomic E-state index is 12.0. The molecule has 5 heteroatoms. The zero-order chi connectivity index (χ0) is 13.8. The normalized spacial score (nSPS) is 10.1. The average molecular weight is 295 g/mol. The molecule has 2 aromatic rings. The molecule has 0 aliphatic carbocycles. The SMILES string of the molecule is CNc1ccc(C(=O)Nc2cc(Cl)cc(Cl)c2)cc1. The molecule has 0 aliphatic heterocycles. The predicted octanol–water partition coefficient (Wildman–Crippen LogP) is 4.29. The Hall–Kier alpha value is -1.71. The third-order valence-corrected chi connectivity index (χ3v) is 2.99. The third-order valence-electron chi connectivity index (χ3n) is 2.56. The van der Waals surface area contributed by atoms with Crippen LogP contribution >= 0.6 is 23.2 Å². The molecule has 3 nitrogen and oxygen atoms in total. The number of nitrogens with one attached hydrogen (secondary N) is 2. The van der Waals surface area contributed by atoms with Crippen molar-refractivity contribution in [2.24, 2.45) is 0 Å². The summed E-state index contributed by atoms with van der Waals surface area (Å²) in [5.74, 6) is -0.207. The van der Waals surface area contributed by atoms with Crippen molar-refractivity contribution in [3.8, 4) is 0 Å². The van der Waals surface area contributed by atoms with Crippen LogP contribution in [0.4, 0.5) is 11.4 Å². The van der Waals surface area contributed by atoms with E-state index in [2.05, 4.69) is 10.6 Å². The molecule has 2 aromatic carbocycles. The predicted molar refractivity (Wildman–Crippen MR) is 80.4 cm³/mol. The number of rotatable bonds is 3. The first-order chi connectivity index (χ1) is 9.08. The van der Waals surface area contributed by atoms with E-state index in [-0.39, 0.29) is 5.91 Å². The van der Waals surface area contributed by atoms with Gasteiger partial charge >= 0.3 is 0 Å². The number of amides is 1. The van der Waals surface area contributed by atoms with Crippen LogP contribution in [0.15, 0.2) is 42.5 Å². The Balaban J connectivity index is 2.15. The highest BCUT2D eigenvalue weighted by molar-refractivity contribution is 6.35. The highest BCUT2D eigenvalue weighted by atomic mass is 35.5. The Kier molecular flexibility index (Phi) is 4.30. The summed E-state index contributed by atoms with van der Waals surface area (Å²) in [7, 11) is 1.82. The van der Waals surface area contributed by atoms with Gasteiger partial charge in [0.05, 0.1) is 0 Å². The van der Waals surface area contributed by atoms with Gasteiger partial charge < -0.3 is 10.6 Å². The minimum absolute atomic E-state index is 0.207. The van der Waals surface area contributed by atoms with E-state index in [1.165, 1.54) is 0 Å². The third kappa shape index (κ3) is 3.63. The summed E-state index contributed by atoms with van der Waals surface area (Å²) in [6, 6.07) is 12.1. The first-order valence-corrected chi connectivity index (χ1v) is 6.39. The summed E-state index contributed by atoms with van der Waals surface area (Å²) in [4.78, 5) is 12.0. The number of halogens is 2. The van der Waals surface area contributed by atoms with Crippen molar-refractivity contribution in [3.05, 3.63) is 58.1 Å². The maximum absolute atomic E-state index is 12.0. The van der Waals surface area contributed by atoms with Crippen molar-refractivity contribution in [2.75, 3.05) is 17.7 Å². The topological polar surface area (TPSA) is 41.1 Å². The van der Waals surface area contributed by atoms with E-state index in [0.29, 0.717) is 21.3 Å². The van der Waals surface area contributed by atoms with Crippen LogP contribution in [-0.4, -0.2) is 13.0 Å². The molecule has 0 atom stereocenters. The van der Waals surface area contributed by atoms with Crippen LogP contribution < -0.4 is 10.6 Å². The lowest BCUT2D eigenvalue weighted by atomic mass is 10.2. The first kappa shape index (κ1) is 13.7. The minimum atomic E-state index is -0.207. The lowest BCUT2D eigenvalue weighted by molar-refractivity contribution is 0.102. The highest BCUT2D eigenvalue weighted by Crippen LogP contribution is 2.23. The van der Waals surface area contributed by atoms with Crippen LogP contribution in [0.1, 0.15) is 10.4 Å². The minimum Gasteiger partial charge on any atom is -0.388 e. The number of hydrogen-bond donors (Lipinski definition) is 2. The quantitative estimate of drug-likeness (QED) is 0.887. The fourth-order valence-corrected chi connectivity index (χ4v) is 2.14. The van der Waals surface area contributed by atoms with E-state index in [1.54, 1.807) is 30.3 Å². The molecular formula is C14H12Cl2N2O. The van der Waals surface area contributed by atoms with Crippen molar-refractivity contribution in [3.63, 3.8) is 0 Å². The smallest absolute Gasteiger partial charge is 0.255 e. The molecule has 0 aliphatic rings.